The van der Waals surface area contributed by atoms with E-state index in [1.807, 2.05) is 0 Å². The first-order valence-electron chi connectivity index (χ1n) is 8.93. The van der Waals surface area contributed by atoms with Crippen LogP contribution in [-0.2, 0) is 0 Å². The van der Waals surface area contributed by atoms with Crippen molar-refractivity contribution in [3.63, 3.8) is 0 Å². The summed E-state index contributed by atoms with van der Waals surface area (Å²) in [6.45, 7) is 9.44. The molecule has 1 saturated heterocycles. The Hall–Kier alpha value is -0.120. The van der Waals surface area contributed by atoms with Crippen LogP contribution in [0.25, 0.3) is 0 Å². The number of hydrogen-bond donors (Lipinski definition) is 1. The number of aliphatic hydroxyl groups is 1. The van der Waals surface area contributed by atoms with Crippen LogP contribution >= 0.6 is 0 Å². The highest BCUT2D eigenvalue weighted by molar-refractivity contribution is 4.95. The van der Waals surface area contributed by atoms with Crippen LogP contribution in [0.3, 0.4) is 0 Å². The van der Waals surface area contributed by atoms with E-state index in [-0.39, 0.29) is 6.10 Å². The zero-order chi connectivity index (χ0) is 15.6. The van der Waals surface area contributed by atoms with Crippen molar-refractivity contribution in [2.24, 2.45) is 11.3 Å². The van der Waals surface area contributed by atoms with Gasteiger partial charge in [0.05, 0.1) is 6.10 Å². The Morgan fingerprint density at radius 3 is 2.52 bits per heavy atom. The molecule has 0 aromatic heterocycles. The fourth-order valence-corrected chi connectivity index (χ4v) is 4.40. The fourth-order valence-electron chi connectivity index (χ4n) is 4.40. The van der Waals surface area contributed by atoms with Crippen molar-refractivity contribution in [1.82, 2.24) is 9.80 Å². The molecule has 0 aromatic rings. The molecule has 0 spiro atoms. The molecule has 2 fully saturated rings. The van der Waals surface area contributed by atoms with Gasteiger partial charge in [0, 0.05) is 18.6 Å². The summed E-state index contributed by atoms with van der Waals surface area (Å²) in [5.74, 6) is 0.761. The first-order valence-corrected chi connectivity index (χ1v) is 8.93. The first kappa shape index (κ1) is 17.2. The number of likely N-dealkylation sites (tertiary alicyclic amines) is 1. The Labute approximate surface area is 131 Å². The molecule has 1 saturated carbocycles. The third-order valence-electron chi connectivity index (χ3n) is 6.22. The van der Waals surface area contributed by atoms with Gasteiger partial charge in [-0.1, -0.05) is 27.2 Å². The summed E-state index contributed by atoms with van der Waals surface area (Å²) >= 11 is 0. The molecule has 1 aliphatic heterocycles. The SMILES string of the molecule is CCC(C)(C)C1CCC(O)C(N2CCCC2CN(C)C)C1. The number of hydrogen-bond acceptors (Lipinski definition) is 3. The molecule has 21 heavy (non-hydrogen) atoms. The highest BCUT2D eigenvalue weighted by Gasteiger charge is 2.41. The molecule has 4 unspecified atom stereocenters. The van der Waals surface area contributed by atoms with Gasteiger partial charge in [-0.15, -0.1) is 0 Å². The predicted molar refractivity (Wildman–Crippen MR) is 89.5 cm³/mol. The molecular formula is C18H36N2O. The molecular weight excluding hydrogens is 260 g/mol. The molecule has 1 heterocycles. The second kappa shape index (κ2) is 6.97. The highest BCUT2D eigenvalue weighted by Crippen LogP contribution is 2.42. The van der Waals surface area contributed by atoms with Gasteiger partial charge >= 0.3 is 0 Å². The third-order valence-corrected chi connectivity index (χ3v) is 6.22. The largest absolute Gasteiger partial charge is 0.391 e. The summed E-state index contributed by atoms with van der Waals surface area (Å²) in [7, 11) is 4.33. The molecule has 1 aliphatic carbocycles. The number of likely N-dealkylation sites (N-methyl/N-ethyl adjacent to an activating group) is 1. The van der Waals surface area contributed by atoms with Crippen molar-refractivity contribution in [1.29, 1.82) is 0 Å². The van der Waals surface area contributed by atoms with E-state index in [9.17, 15) is 5.11 Å². The van der Waals surface area contributed by atoms with E-state index in [1.54, 1.807) is 0 Å². The molecule has 3 nitrogen and oxygen atoms in total. The second-order valence-electron chi connectivity index (χ2n) is 8.28. The van der Waals surface area contributed by atoms with Gasteiger partial charge in [0.1, 0.15) is 0 Å². The lowest BCUT2D eigenvalue weighted by molar-refractivity contribution is -0.0280. The smallest absolute Gasteiger partial charge is 0.0695 e. The minimum atomic E-state index is -0.114. The van der Waals surface area contributed by atoms with Gasteiger partial charge in [0.25, 0.3) is 0 Å². The van der Waals surface area contributed by atoms with E-state index in [2.05, 4.69) is 44.7 Å². The van der Waals surface area contributed by atoms with Crippen LogP contribution in [-0.4, -0.2) is 60.3 Å². The molecule has 4 atom stereocenters. The van der Waals surface area contributed by atoms with E-state index >= 15 is 0 Å². The van der Waals surface area contributed by atoms with Gasteiger partial charge in [-0.05, 0) is 64.1 Å². The lowest BCUT2D eigenvalue weighted by Crippen LogP contribution is -2.52. The van der Waals surface area contributed by atoms with Crippen LogP contribution < -0.4 is 0 Å². The van der Waals surface area contributed by atoms with Crippen LogP contribution in [0, 0.1) is 11.3 Å². The molecule has 0 aromatic carbocycles. The van der Waals surface area contributed by atoms with E-state index in [0.29, 0.717) is 17.5 Å². The van der Waals surface area contributed by atoms with Crippen LogP contribution in [0.5, 0.6) is 0 Å². The van der Waals surface area contributed by atoms with Crippen molar-refractivity contribution in [3.05, 3.63) is 0 Å². The Morgan fingerprint density at radius 2 is 1.90 bits per heavy atom. The zero-order valence-corrected chi connectivity index (χ0v) is 14.8. The van der Waals surface area contributed by atoms with Crippen molar-refractivity contribution in [3.8, 4) is 0 Å². The molecule has 0 radical (unpaired) electrons. The van der Waals surface area contributed by atoms with Crippen molar-refractivity contribution >= 4 is 0 Å². The molecule has 2 aliphatic rings. The zero-order valence-electron chi connectivity index (χ0n) is 14.8. The monoisotopic (exact) mass is 296 g/mol. The lowest BCUT2D eigenvalue weighted by Gasteiger charge is -2.46. The molecule has 0 amide bonds. The number of nitrogens with zero attached hydrogens (tertiary/aromatic N) is 2. The number of aliphatic hydroxyl groups excluding tert-OH is 1. The summed E-state index contributed by atoms with van der Waals surface area (Å²) < 4.78 is 0. The Kier molecular flexibility index (Phi) is 5.72. The summed E-state index contributed by atoms with van der Waals surface area (Å²) in [5, 5.41) is 10.6. The quantitative estimate of drug-likeness (QED) is 0.845. The van der Waals surface area contributed by atoms with Crippen molar-refractivity contribution in [2.75, 3.05) is 27.2 Å². The van der Waals surface area contributed by atoms with Gasteiger partial charge in [0.2, 0.25) is 0 Å². The molecule has 1 N–H and O–H groups in total. The van der Waals surface area contributed by atoms with Crippen LogP contribution in [0.2, 0.25) is 0 Å². The van der Waals surface area contributed by atoms with E-state index in [4.69, 9.17) is 0 Å². The standard InChI is InChI=1S/C18H36N2O/c1-6-18(2,3)14-9-10-17(21)16(12-14)20-11-7-8-15(20)13-19(4)5/h14-17,21H,6-13H2,1-5H3. The molecule has 3 heteroatoms. The van der Waals surface area contributed by atoms with E-state index < -0.39 is 0 Å². The van der Waals surface area contributed by atoms with Gasteiger partial charge in [-0.3, -0.25) is 4.90 Å². The first-order chi connectivity index (χ1) is 9.85. The van der Waals surface area contributed by atoms with Crippen molar-refractivity contribution in [2.45, 2.75) is 77.5 Å². The second-order valence-corrected chi connectivity index (χ2v) is 8.28. The molecule has 124 valence electrons. The third kappa shape index (κ3) is 4.00. The summed E-state index contributed by atoms with van der Waals surface area (Å²) in [6, 6.07) is 1.03. The maximum Gasteiger partial charge on any atom is 0.0695 e. The minimum Gasteiger partial charge on any atom is -0.391 e. The highest BCUT2D eigenvalue weighted by atomic mass is 16.3. The maximum absolute atomic E-state index is 10.6. The number of rotatable bonds is 5. The summed E-state index contributed by atoms with van der Waals surface area (Å²) in [5.41, 5.74) is 0.412. The van der Waals surface area contributed by atoms with Crippen LogP contribution in [0.15, 0.2) is 0 Å². The molecule has 2 rings (SSSR count). The van der Waals surface area contributed by atoms with Gasteiger partial charge in [0.15, 0.2) is 0 Å². The predicted octanol–water partition coefficient (Wildman–Crippen LogP) is 2.98. The normalized spacial score (nSPS) is 35.6. The Morgan fingerprint density at radius 1 is 1.19 bits per heavy atom. The lowest BCUT2D eigenvalue weighted by atomic mass is 9.67. The van der Waals surface area contributed by atoms with E-state index in [1.165, 1.54) is 38.6 Å². The van der Waals surface area contributed by atoms with Gasteiger partial charge in [-0.2, -0.15) is 0 Å². The topological polar surface area (TPSA) is 26.7 Å². The average Bonchev–Trinajstić information content (AvgIpc) is 2.86. The van der Waals surface area contributed by atoms with Crippen LogP contribution in [0.4, 0.5) is 0 Å². The summed E-state index contributed by atoms with van der Waals surface area (Å²) in [4.78, 5) is 4.94. The van der Waals surface area contributed by atoms with Gasteiger partial charge < -0.3 is 10.0 Å². The van der Waals surface area contributed by atoms with Crippen molar-refractivity contribution < 1.29 is 5.11 Å². The Bertz CT molecular complexity index is 329. The van der Waals surface area contributed by atoms with Crippen LogP contribution in [0.1, 0.15) is 59.3 Å². The molecule has 0 bridgehead atoms. The van der Waals surface area contributed by atoms with Gasteiger partial charge in [-0.25, -0.2) is 0 Å². The minimum absolute atomic E-state index is 0.114. The Balaban J connectivity index is 2.05. The average molecular weight is 296 g/mol. The summed E-state index contributed by atoms with van der Waals surface area (Å²) in [6.07, 6.45) is 7.09. The van der Waals surface area contributed by atoms with E-state index in [0.717, 1.165) is 18.9 Å². The fraction of sp³-hybridized carbons (Fsp3) is 1.00. The maximum atomic E-state index is 10.6.